The molecule has 0 amide bonds. The fraction of sp³-hybridized carbons (Fsp3) is 0.800. The molecule has 0 aromatic heterocycles. The Morgan fingerprint density at radius 1 is 1.25 bits per heavy atom. The molecule has 0 aliphatic heterocycles. The number of rotatable bonds is 4. The Bertz CT molecular complexity index is 155. The predicted molar refractivity (Wildman–Crippen MR) is 48.6 cm³/mol. The van der Waals surface area contributed by atoms with Crippen molar-refractivity contribution in [1.29, 1.82) is 0 Å². The van der Waals surface area contributed by atoms with E-state index >= 15 is 0 Å². The van der Waals surface area contributed by atoms with Crippen molar-refractivity contribution in [2.24, 2.45) is 4.99 Å². The van der Waals surface area contributed by atoms with Crippen LogP contribution in [-0.2, 0) is 4.79 Å². The van der Waals surface area contributed by atoms with Crippen molar-refractivity contribution in [2.75, 3.05) is 6.54 Å². The highest BCUT2D eigenvalue weighted by Crippen LogP contribution is 2.28. The van der Waals surface area contributed by atoms with Crippen molar-refractivity contribution >= 4 is 6.08 Å². The zero-order chi connectivity index (χ0) is 8.65. The minimum atomic E-state index is 0.660. The van der Waals surface area contributed by atoms with Gasteiger partial charge in [0.05, 0.1) is 6.54 Å². The molecule has 12 heavy (non-hydrogen) atoms. The first kappa shape index (κ1) is 9.47. The zero-order valence-corrected chi connectivity index (χ0v) is 7.51. The summed E-state index contributed by atoms with van der Waals surface area (Å²) in [5.74, 6) is 1.68. The van der Waals surface area contributed by atoms with E-state index in [9.17, 15) is 4.79 Å². The van der Waals surface area contributed by atoms with Crippen molar-refractivity contribution < 1.29 is 4.79 Å². The summed E-state index contributed by atoms with van der Waals surface area (Å²) in [7, 11) is 0. The standard InChI is InChI=1S/C10H16NO/c12-9-11-8-4-7-10-5-2-1-3-6-10/h1-8H2. The third kappa shape index (κ3) is 3.68. The van der Waals surface area contributed by atoms with E-state index in [1.54, 1.807) is 12.0 Å². The first-order chi connectivity index (χ1) is 5.93. The van der Waals surface area contributed by atoms with Crippen LogP contribution in [0.15, 0.2) is 4.99 Å². The van der Waals surface area contributed by atoms with Crippen LogP contribution in [0.5, 0.6) is 0 Å². The van der Waals surface area contributed by atoms with E-state index in [4.69, 9.17) is 0 Å². The van der Waals surface area contributed by atoms with Gasteiger partial charge in [-0.25, -0.2) is 9.79 Å². The molecular formula is C10H16NO. The normalized spacial score (nSPS) is 18.7. The number of nitrogens with zero attached hydrogens (tertiary/aromatic N) is 1. The summed E-state index contributed by atoms with van der Waals surface area (Å²) < 4.78 is 0. The summed E-state index contributed by atoms with van der Waals surface area (Å²) >= 11 is 0. The van der Waals surface area contributed by atoms with Crippen LogP contribution in [0.2, 0.25) is 0 Å². The fourth-order valence-electron chi connectivity index (χ4n) is 1.76. The fourth-order valence-corrected chi connectivity index (χ4v) is 1.76. The van der Waals surface area contributed by atoms with E-state index in [2.05, 4.69) is 4.99 Å². The lowest BCUT2D eigenvalue weighted by molar-refractivity contribution is 0.498. The van der Waals surface area contributed by atoms with E-state index in [0.717, 1.165) is 6.42 Å². The molecular weight excluding hydrogens is 150 g/mol. The first-order valence-corrected chi connectivity index (χ1v) is 4.80. The molecule has 1 saturated carbocycles. The lowest BCUT2D eigenvalue weighted by Gasteiger charge is -2.20. The SMILES string of the molecule is O=C=NCCC[C]1CCCCC1. The maximum atomic E-state index is 9.76. The van der Waals surface area contributed by atoms with E-state index in [1.807, 2.05) is 0 Å². The molecule has 2 heteroatoms. The van der Waals surface area contributed by atoms with Gasteiger partial charge in [0, 0.05) is 0 Å². The Morgan fingerprint density at radius 3 is 2.67 bits per heavy atom. The molecule has 2 nitrogen and oxygen atoms in total. The van der Waals surface area contributed by atoms with Crippen LogP contribution in [0.25, 0.3) is 0 Å². The molecule has 1 radical (unpaired) electrons. The number of hydrogen-bond acceptors (Lipinski definition) is 2. The molecule has 1 aliphatic carbocycles. The summed E-state index contributed by atoms with van der Waals surface area (Å²) in [6.07, 6.45) is 10.5. The lowest BCUT2D eigenvalue weighted by Crippen LogP contribution is -2.04. The van der Waals surface area contributed by atoms with Crippen LogP contribution in [0, 0.1) is 5.92 Å². The second kappa shape index (κ2) is 5.96. The Labute approximate surface area is 74.1 Å². The average molecular weight is 166 g/mol. The maximum absolute atomic E-state index is 9.76. The van der Waals surface area contributed by atoms with Gasteiger partial charge in [-0.15, -0.1) is 0 Å². The predicted octanol–water partition coefficient (Wildman–Crippen LogP) is 2.64. The first-order valence-electron chi connectivity index (χ1n) is 4.80. The minimum Gasteiger partial charge on any atom is -0.211 e. The Balaban J connectivity index is 2.01. The van der Waals surface area contributed by atoms with Crippen molar-refractivity contribution in [1.82, 2.24) is 0 Å². The van der Waals surface area contributed by atoms with E-state index in [-0.39, 0.29) is 0 Å². The molecule has 0 bridgehead atoms. The van der Waals surface area contributed by atoms with Crippen LogP contribution < -0.4 is 0 Å². The zero-order valence-electron chi connectivity index (χ0n) is 7.51. The van der Waals surface area contributed by atoms with Crippen LogP contribution in [0.3, 0.4) is 0 Å². The molecule has 0 spiro atoms. The number of aliphatic imine (C=N–C) groups is 1. The van der Waals surface area contributed by atoms with Gasteiger partial charge < -0.3 is 0 Å². The highest BCUT2D eigenvalue weighted by atomic mass is 16.1. The topological polar surface area (TPSA) is 29.4 Å². The van der Waals surface area contributed by atoms with Gasteiger partial charge in [-0.05, 0) is 31.6 Å². The monoisotopic (exact) mass is 166 g/mol. The molecule has 1 aliphatic rings. The number of isocyanates is 1. The van der Waals surface area contributed by atoms with Crippen molar-refractivity contribution in [3.05, 3.63) is 5.92 Å². The van der Waals surface area contributed by atoms with Gasteiger partial charge in [-0.2, -0.15) is 0 Å². The van der Waals surface area contributed by atoms with Crippen LogP contribution in [-0.4, -0.2) is 12.6 Å². The second-order valence-corrected chi connectivity index (χ2v) is 3.39. The van der Waals surface area contributed by atoms with Crippen molar-refractivity contribution in [2.45, 2.75) is 44.9 Å². The molecule has 1 rings (SSSR count). The summed E-state index contributed by atoms with van der Waals surface area (Å²) in [5.41, 5.74) is 0. The Hall–Kier alpha value is -0.620. The van der Waals surface area contributed by atoms with Gasteiger partial charge in [0.2, 0.25) is 6.08 Å². The summed E-state index contributed by atoms with van der Waals surface area (Å²) in [4.78, 5) is 13.3. The average Bonchev–Trinajstić information content (AvgIpc) is 2.14. The van der Waals surface area contributed by atoms with E-state index < -0.39 is 0 Å². The molecule has 0 heterocycles. The summed E-state index contributed by atoms with van der Waals surface area (Å²) in [6, 6.07) is 0. The molecule has 0 saturated heterocycles. The third-order valence-electron chi connectivity index (χ3n) is 2.43. The largest absolute Gasteiger partial charge is 0.234 e. The molecule has 0 N–H and O–H groups in total. The number of hydrogen-bond donors (Lipinski definition) is 0. The van der Waals surface area contributed by atoms with Crippen molar-refractivity contribution in [3.8, 4) is 0 Å². The molecule has 0 aromatic rings. The second-order valence-electron chi connectivity index (χ2n) is 3.39. The minimum absolute atomic E-state index is 0.660. The van der Waals surface area contributed by atoms with Gasteiger partial charge in [-0.3, -0.25) is 0 Å². The Morgan fingerprint density at radius 2 is 2.00 bits per heavy atom. The Kier molecular flexibility index (Phi) is 4.70. The quantitative estimate of drug-likeness (QED) is 0.358. The maximum Gasteiger partial charge on any atom is 0.234 e. The van der Waals surface area contributed by atoms with Crippen molar-refractivity contribution in [3.63, 3.8) is 0 Å². The lowest BCUT2D eigenvalue weighted by atomic mass is 9.86. The van der Waals surface area contributed by atoms with Gasteiger partial charge in [0.25, 0.3) is 0 Å². The van der Waals surface area contributed by atoms with Crippen LogP contribution in [0.4, 0.5) is 0 Å². The van der Waals surface area contributed by atoms with Crippen LogP contribution in [0.1, 0.15) is 44.9 Å². The molecule has 0 atom stereocenters. The smallest absolute Gasteiger partial charge is 0.211 e. The molecule has 0 aromatic carbocycles. The molecule has 67 valence electrons. The van der Waals surface area contributed by atoms with Crippen LogP contribution >= 0.6 is 0 Å². The van der Waals surface area contributed by atoms with Gasteiger partial charge >= 0.3 is 0 Å². The highest BCUT2D eigenvalue weighted by Gasteiger charge is 2.12. The highest BCUT2D eigenvalue weighted by molar-refractivity contribution is 5.32. The number of carbonyl (C=O) groups excluding carboxylic acids is 1. The summed E-state index contributed by atoms with van der Waals surface area (Å²) in [5, 5.41) is 0. The van der Waals surface area contributed by atoms with Gasteiger partial charge in [0.1, 0.15) is 0 Å². The van der Waals surface area contributed by atoms with Gasteiger partial charge in [-0.1, -0.05) is 19.3 Å². The van der Waals surface area contributed by atoms with E-state index in [1.165, 1.54) is 38.5 Å². The van der Waals surface area contributed by atoms with E-state index in [0.29, 0.717) is 6.54 Å². The van der Waals surface area contributed by atoms with Gasteiger partial charge in [0.15, 0.2) is 0 Å². The summed E-state index contributed by atoms with van der Waals surface area (Å²) in [6.45, 7) is 0.660. The third-order valence-corrected chi connectivity index (χ3v) is 2.43. The molecule has 1 fully saturated rings. The molecule has 0 unspecified atom stereocenters.